The molecule has 0 radical (unpaired) electrons. The molecule has 0 heterocycles. The Morgan fingerprint density at radius 2 is 1.66 bits per heavy atom. The zero-order valence-electron chi connectivity index (χ0n) is 22.4. The van der Waals surface area contributed by atoms with Gasteiger partial charge in [0.2, 0.25) is 5.91 Å². The maximum Gasteiger partial charge on any atom is 0.410 e. The highest BCUT2D eigenvalue weighted by Gasteiger charge is 2.24. The summed E-state index contributed by atoms with van der Waals surface area (Å²) in [6, 6.07) is 21.9. The number of aliphatic carboxylic acids is 1. The third kappa shape index (κ3) is 7.12. The summed E-state index contributed by atoms with van der Waals surface area (Å²) in [6.45, 7) is 5.21. The molecule has 0 aromatic heterocycles. The molecule has 38 heavy (non-hydrogen) atoms. The molecule has 8 heteroatoms. The van der Waals surface area contributed by atoms with Crippen molar-refractivity contribution in [3.05, 3.63) is 89.5 Å². The highest BCUT2D eigenvalue weighted by molar-refractivity contribution is 5.91. The Balaban J connectivity index is 1.99. The van der Waals surface area contributed by atoms with Crippen molar-refractivity contribution in [2.45, 2.75) is 45.7 Å². The first-order chi connectivity index (χ1) is 18.1. The average Bonchev–Trinajstić information content (AvgIpc) is 2.91. The van der Waals surface area contributed by atoms with E-state index in [9.17, 15) is 19.5 Å². The molecule has 0 bridgehead atoms. The van der Waals surface area contributed by atoms with E-state index in [4.69, 9.17) is 9.47 Å². The number of hydrogen-bond donors (Lipinski definition) is 1. The number of carbonyl (C=O) groups excluding carboxylic acids is 2. The second-order valence-corrected chi connectivity index (χ2v) is 9.24. The summed E-state index contributed by atoms with van der Waals surface area (Å²) < 4.78 is 11.3. The van der Waals surface area contributed by atoms with Gasteiger partial charge in [-0.3, -0.25) is 9.59 Å². The molecule has 1 N–H and O–H groups in total. The minimum atomic E-state index is -0.930. The van der Waals surface area contributed by atoms with E-state index in [2.05, 4.69) is 0 Å². The fourth-order valence-corrected chi connectivity index (χ4v) is 4.06. The summed E-state index contributed by atoms with van der Waals surface area (Å²) in [7, 11) is 3.02. The van der Waals surface area contributed by atoms with E-state index in [-0.39, 0.29) is 18.5 Å². The summed E-state index contributed by atoms with van der Waals surface area (Å²) in [5, 5.41) is 9.40. The Bertz CT molecular complexity index is 1280. The molecule has 8 nitrogen and oxygen atoms in total. The molecule has 0 aliphatic carbocycles. The number of carboxylic acid groups (broad SMARTS) is 1. The molecule has 0 fully saturated rings. The minimum Gasteiger partial charge on any atom is -0.481 e. The van der Waals surface area contributed by atoms with E-state index in [1.165, 1.54) is 18.9 Å². The Labute approximate surface area is 223 Å². The van der Waals surface area contributed by atoms with Gasteiger partial charge in [0.25, 0.3) is 0 Å². The smallest absolute Gasteiger partial charge is 0.410 e. The highest BCUT2D eigenvalue weighted by atomic mass is 16.5. The zero-order valence-corrected chi connectivity index (χ0v) is 22.4. The first kappa shape index (κ1) is 28.2. The standard InChI is InChI=1S/C30H34N2O6/c1-20(16-23-10-7-6-8-11-23)32(30(36)37-5)19-25-17-26(31(4)22(3)33)14-15-28(25)38-27-13-9-12-24(18-27)21(2)29(34)35/h6-15,17-18,20-21H,16,19H2,1-5H3,(H,34,35)/t20-,21?/m0/s1. The van der Waals surface area contributed by atoms with Crippen molar-refractivity contribution < 1.29 is 29.0 Å². The zero-order chi connectivity index (χ0) is 27.8. The SMILES string of the molecule is COC(=O)N(Cc1cc(N(C)C(C)=O)ccc1Oc1cccc(C(C)C(=O)O)c1)[C@@H](C)Cc1ccccc1. The molecular weight excluding hydrogens is 484 g/mol. The van der Waals surface area contributed by atoms with Crippen LogP contribution in [-0.4, -0.2) is 48.2 Å². The normalized spacial score (nSPS) is 12.2. The van der Waals surface area contributed by atoms with Crippen LogP contribution in [0, 0.1) is 0 Å². The summed E-state index contributed by atoms with van der Waals surface area (Å²) in [6.07, 6.45) is 0.135. The van der Waals surface area contributed by atoms with Gasteiger partial charge in [0.15, 0.2) is 0 Å². The van der Waals surface area contributed by atoms with Crippen LogP contribution in [0.25, 0.3) is 0 Å². The fraction of sp³-hybridized carbons (Fsp3) is 0.300. The van der Waals surface area contributed by atoms with Crippen LogP contribution < -0.4 is 9.64 Å². The lowest BCUT2D eigenvalue weighted by atomic mass is 10.0. The second-order valence-electron chi connectivity index (χ2n) is 9.24. The van der Waals surface area contributed by atoms with Crippen LogP contribution in [0.15, 0.2) is 72.8 Å². The summed E-state index contributed by atoms with van der Waals surface area (Å²) in [4.78, 5) is 39.5. The number of carboxylic acids is 1. The number of carbonyl (C=O) groups is 3. The number of methoxy groups -OCH3 is 1. The van der Waals surface area contributed by atoms with Crippen LogP contribution in [0.3, 0.4) is 0 Å². The molecule has 0 saturated carbocycles. The molecule has 2 atom stereocenters. The maximum atomic E-state index is 12.9. The Kier molecular flexibility index (Phi) is 9.49. The second kappa shape index (κ2) is 12.8. The molecule has 0 aliphatic rings. The summed E-state index contributed by atoms with van der Waals surface area (Å²) >= 11 is 0. The van der Waals surface area contributed by atoms with Gasteiger partial charge in [-0.2, -0.15) is 0 Å². The van der Waals surface area contributed by atoms with Gasteiger partial charge in [-0.25, -0.2) is 4.79 Å². The van der Waals surface area contributed by atoms with Crippen LogP contribution in [-0.2, 0) is 27.3 Å². The lowest BCUT2D eigenvalue weighted by molar-refractivity contribution is -0.138. The van der Waals surface area contributed by atoms with Gasteiger partial charge in [0.05, 0.1) is 19.6 Å². The first-order valence-electron chi connectivity index (χ1n) is 12.4. The van der Waals surface area contributed by atoms with Crippen LogP contribution in [0.2, 0.25) is 0 Å². The van der Waals surface area contributed by atoms with Crippen molar-refractivity contribution in [3.8, 4) is 11.5 Å². The van der Waals surface area contributed by atoms with Crippen LogP contribution >= 0.6 is 0 Å². The van der Waals surface area contributed by atoms with Gasteiger partial charge >= 0.3 is 12.1 Å². The number of anilines is 1. The summed E-state index contributed by atoms with van der Waals surface area (Å²) in [5.41, 5.74) is 3.00. The monoisotopic (exact) mass is 518 g/mol. The maximum absolute atomic E-state index is 12.9. The van der Waals surface area contributed by atoms with Gasteiger partial charge in [-0.15, -0.1) is 0 Å². The van der Waals surface area contributed by atoms with E-state index < -0.39 is 18.0 Å². The molecular formula is C30H34N2O6. The van der Waals surface area contributed by atoms with Crippen LogP contribution in [0.5, 0.6) is 11.5 Å². The van der Waals surface area contributed by atoms with Gasteiger partial charge in [-0.05, 0) is 61.7 Å². The quantitative estimate of drug-likeness (QED) is 0.362. The van der Waals surface area contributed by atoms with Crippen molar-refractivity contribution in [2.75, 3.05) is 19.1 Å². The highest BCUT2D eigenvalue weighted by Crippen LogP contribution is 2.32. The van der Waals surface area contributed by atoms with Crippen LogP contribution in [0.1, 0.15) is 43.4 Å². The molecule has 3 rings (SSSR count). The van der Waals surface area contributed by atoms with Crippen LogP contribution in [0.4, 0.5) is 10.5 Å². The number of hydrogen-bond acceptors (Lipinski definition) is 5. The Morgan fingerprint density at radius 1 is 0.947 bits per heavy atom. The van der Waals surface area contributed by atoms with E-state index in [0.717, 1.165) is 5.56 Å². The van der Waals surface area contributed by atoms with Crippen molar-refractivity contribution in [3.63, 3.8) is 0 Å². The van der Waals surface area contributed by atoms with Gasteiger partial charge in [-0.1, -0.05) is 42.5 Å². The molecule has 1 unspecified atom stereocenters. The number of benzene rings is 3. The summed E-state index contributed by atoms with van der Waals surface area (Å²) in [5.74, 6) is -0.820. The third-order valence-corrected chi connectivity index (χ3v) is 6.52. The lowest BCUT2D eigenvalue weighted by Crippen LogP contribution is -2.39. The topological polar surface area (TPSA) is 96.4 Å². The van der Waals surface area contributed by atoms with Crippen molar-refractivity contribution in [1.29, 1.82) is 0 Å². The first-order valence-corrected chi connectivity index (χ1v) is 12.4. The molecule has 200 valence electrons. The van der Waals surface area contributed by atoms with Crippen molar-refractivity contribution >= 4 is 23.7 Å². The van der Waals surface area contributed by atoms with E-state index in [1.54, 1.807) is 55.3 Å². The Hall–Kier alpha value is -4.33. The number of ether oxygens (including phenoxy) is 2. The number of amides is 2. The predicted octanol–water partition coefficient (Wildman–Crippen LogP) is 5.85. The lowest BCUT2D eigenvalue weighted by Gasteiger charge is -2.29. The van der Waals surface area contributed by atoms with Crippen molar-refractivity contribution in [2.24, 2.45) is 0 Å². The van der Waals surface area contributed by atoms with Gasteiger partial charge in [0, 0.05) is 31.3 Å². The van der Waals surface area contributed by atoms with Gasteiger partial charge < -0.3 is 24.4 Å². The fourth-order valence-electron chi connectivity index (χ4n) is 4.06. The van der Waals surface area contributed by atoms with E-state index in [0.29, 0.717) is 34.7 Å². The average molecular weight is 519 g/mol. The molecule has 3 aromatic carbocycles. The Morgan fingerprint density at radius 3 is 2.29 bits per heavy atom. The predicted molar refractivity (Wildman–Crippen MR) is 146 cm³/mol. The minimum absolute atomic E-state index is 0.137. The van der Waals surface area contributed by atoms with Crippen molar-refractivity contribution in [1.82, 2.24) is 4.90 Å². The number of nitrogens with zero attached hydrogens (tertiary/aromatic N) is 2. The van der Waals surface area contributed by atoms with Gasteiger partial charge in [0.1, 0.15) is 11.5 Å². The van der Waals surface area contributed by atoms with E-state index in [1.807, 2.05) is 43.3 Å². The largest absolute Gasteiger partial charge is 0.481 e. The number of rotatable bonds is 10. The molecule has 0 saturated heterocycles. The molecule has 2 amide bonds. The third-order valence-electron chi connectivity index (χ3n) is 6.52. The van der Waals surface area contributed by atoms with E-state index >= 15 is 0 Å². The molecule has 0 spiro atoms. The molecule has 3 aromatic rings. The molecule has 0 aliphatic heterocycles.